The summed E-state index contributed by atoms with van der Waals surface area (Å²) in [5.74, 6) is 0.614. The lowest BCUT2D eigenvalue weighted by atomic mass is 9.97. The van der Waals surface area contributed by atoms with Crippen molar-refractivity contribution in [1.82, 2.24) is 10.2 Å². The summed E-state index contributed by atoms with van der Waals surface area (Å²) >= 11 is 1.82. The van der Waals surface area contributed by atoms with Gasteiger partial charge in [-0.15, -0.1) is 11.3 Å². The van der Waals surface area contributed by atoms with Crippen molar-refractivity contribution in [3.05, 3.63) is 22.4 Å². The Labute approximate surface area is 124 Å². The van der Waals surface area contributed by atoms with Crippen molar-refractivity contribution in [3.63, 3.8) is 0 Å². The number of nitrogens with zero attached hydrogens (tertiary/aromatic N) is 1. The molecule has 1 atom stereocenters. The third kappa shape index (κ3) is 3.40. The quantitative estimate of drug-likeness (QED) is 0.866. The smallest absolute Gasteiger partial charge is 0.240 e. The Morgan fingerprint density at radius 1 is 1.55 bits per heavy atom. The van der Waals surface area contributed by atoms with Gasteiger partial charge in [0.2, 0.25) is 5.91 Å². The molecule has 2 aliphatic rings. The molecule has 0 radical (unpaired) electrons. The summed E-state index contributed by atoms with van der Waals surface area (Å²) in [5.41, 5.74) is 5.37. The fraction of sp³-hybridized carbons (Fsp3) is 0.667. The highest BCUT2D eigenvalue weighted by atomic mass is 32.1. The number of amides is 1. The number of hydrogen-bond donors (Lipinski definition) is 2. The van der Waals surface area contributed by atoms with Crippen LogP contribution >= 0.6 is 11.3 Å². The number of hydrogen-bond acceptors (Lipinski definition) is 4. The minimum atomic E-state index is -0.536. The lowest BCUT2D eigenvalue weighted by molar-refractivity contribution is -0.123. The summed E-state index contributed by atoms with van der Waals surface area (Å²) in [6.45, 7) is 4.07. The Hall–Kier alpha value is -0.910. The van der Waals surface area contributed by atoms with E-state index in [-0.39, 0.29) is 5.91 Å². The van der Waals surface area contributed by atoms with Crippen LogP contribution < -0.4 is 11.1 Å². The third-order valence-electron chi connectivity index (χ3n) is 4.35. The first kappa shape index (κ1) is 14.0. The second-order valence-electron chi connectivity index (χ2n) is 6.19. The van der Waals surface area contributed by atoms with Crippen molar-refractivity contribution in [2.24, 2.45) is 11.7 Å². The zero-order valence-corrected chi connectivity index (χ0v) is 12.6. The van der Waals surface area contributed by atoms with Crippen molar-refractivity contribution < 1.29 is 4.79 Å². The molecule has 1 amide bonds. The number of piperidine rings is 1. The summed E-state index contributed by atoms with van der Waals surface area (Å²) in [4.78, 5) is 15.8. The van der Waals surface area contributed by atoms with Gasteiger partial charge in [-0.05, 0) is 49.6 Å². The van der Waals surface area contributed by atoms with E-state index in [1.807, 2.05) is 11.3 Å². The summed E-state index contributed by atoms with van der Waals surface area (Å²) in [5, 5.41) is 5.18. The van der Waals surface area contributed by atoms with E-state index in [0.717, 1.165) is 32.5 Å². The minimum absolute atomic E-state index is 0.0490. The highest BCUT2D eigenvalue weighted by Crippen LogP contribution is 2.32. The highest BCUT2D eigenvalue weighted by Gasteiger charge is 2.45. The molecule has 1 unspecified atom stereocenters. The normalized spacial score (nSPS) is 25.4. The van der Waals surface area contributed by atoms with Crippen molar-refractivity contribution >= 4 is 17.2 Å². The number of thiophene rings is 1. The summed E-state index contributed by atoms with van der Waals surface area (Å²) in [7, 11) is 0. The summed E-state index contributed by atoms with van der Waals surface area (Å²) in [6, 6.07) is 4.30. The maximum absolute atomic E-state index is 11.9. The minimum Gasteiger partial charge on any atom is -0.354 e. The Morgan fingerprint density at radius 3 is 3.10 bits per heavy atom. The highest BCUT2D eigenvalue weighted by molar-refractivity contribution is 7.09. The largest absolute Gasteiger partial charge is 0.354 e. The third-order valence-corrected chi connectivity index (χ3v) is 5.22. The van der Waals surface area contributed by atoms with Crippen LogP contribution in [0.4, 0.5) is 0 Å². The number of carbonyl (C=O) groups is 1. The van der Waals surface area contributed by atoms with Gasteiger partial charge in [0.1, 0.15) is 0 Å². The van der Waals surface area contributed by atoms with Gasteiger partial charge in [-0.1, -0.05) is 6.07 Å². The van der Waals surface area contributed by atoms with Crippen LogP contribution in [0.15, 0.2) is 17.5 Å². The number of nitrogens with two attached hydrogens (primary N) is 1. The number of rotatable bonds is 5. The van der Waals surface area contributed by atoms with Crippen molar-refractivity contribution in [1.29, 1.82) is 0 Å². The Kier molecular flexibility index (Phi) is 4.10. The van der Waals surface area contributed by atoms with Gasteiger partial charge in [-0.25, -0.2) is 0 Å². The van der Waals surface area contributed by atoms with E-state index in [1.54, 1.807) is 0 Å². The van der Waals surface area contributed by atoms with Gasteiger partial charge in [0, 0.05) is 24.5 Å². The van der Waals surface area contributed by atoms with Crippen LogP contribution in [0.2, 0.25) is 0 Å². The molecular formula is C15H23N3OS. The van der Waals surface area contributed by atoms with Gasteiger partial charge in [0.05, 0.1) is 5.54 Å². The monoisotopic (exact) mass is 293 g/mol. The van der Waals surface area contributed by atoms with Crippen LogP contribution in [-0.4, -0.2) is 36.0 Å². The van der Waals surface area contributed by atoms with Gasteiger partial charge in [-0.3, -0.25) is 9.69 Å². The van der Waals surface area contributed by atoms with Crippen molar-refractivity contribution in [2.75, 3.05) is 19.6 Å². The molecule has 2 fully saturated rings. The molecule has 1 aliphatic heterocycles. The predicted octanol–water partition coefficient (Wildman–Crippen LogP) is 1.57. The maximum Gasteiger partial charge on any atom is 0.240 e. The van der Waals surface area contributed by atoms with E-state index in [2.05, 4.69) is 27.7 Å². The average molecular weight is 293 g/mol. The summed E-state index contributed by atoms with van der Waals surface area (Å²) in [6.07, 6.45) is 4.11. The zero-order chi connectivity index (χ0) is 14.0. The van der Waals surface area contributed by atoms with Crippen LogP contribution in [0, 0.1) is 5.92 Å². The molecule has 1 aromatic rings. The fourth-order valence-electron chi connectivity index (χ4n) is 2.86. The van der Waals surface area contributed by atoms with E-state index in [0.29, 0.717) is 5.92 Å². The second kappa shape index (κ2) is 5.84. The van der Waals surface area contributed by atoms with E-state index >= 15 is 0 Å². The van der Waals surface area contributed by atoms with Crippen molar-refractivity contribution in [2.45, 2.75) is 37.8 Å². The van der Waals surface area contributed by atoms with E-state index < -0.39 is 5.54 Å². The van der Waals surface area contributed by atoms with E-state index in [4.69, 9.17) is 5.73 Å². The first-order valence-electron chi connectivity index (χ1n) is 7.48. The first-order chi connectivity index (χ1) is 9.66. The second-order valence-corrected chi connectivity index (χ2v) is 7.22. The average Bonchev–Trinajstić information content (AvgIpc) is 3.00. The molecule has 1 aliphatic carbocycles. The molecule has 1 saturated heterocycles. The Morgan fingerprint density at radius 2 is 2.40 bits per heavy atom. The molecule has 0 spiro atoms. The molecule has 0 aromatic carbocycles. The van der Waals surface area contributed by atoms with Gasteiger partial charge in [0.25, 0.3) is 0 Å². The molecule has 1 saturated carbocycles. The van der Waals surface area contributed by atoms with Gasteiger partial charge < -0.3 is 11.1 Å². The molecular weight excluding hydrogens is 270 g/mol. The standard InChI is InChI=1S/C15H23N3OS/c16-15(5-6-15)14(19)17-9-12-3-1-7-18(10-12)11-13-4-2-8-20-13/h2,4,8,12H,1,3,5-7,9-11,16H2,(H,17,19). The molecule has 110 valence electrons. The van der Waals surface area contributed by atoms with Crippen molar-refractivity contribution in [3.8, 4) is 0 Å². The number of likely N-dealkylation sites (tertiary alicyclic amines) is 1. The van der Waals surface area contributed by atoms with E-state index in [1.165, 1.54) is 24.3 Å². The van der Waals surface area contributed by atoms with E-state index in [9.17, 15) is 4.79 Å². The lowest BCUT2D eigenvalue weighted by Crippen LogP contribution is -2.46. The van der Waals surface area contributed by atoms with Crippen LogP contribution in [0.3, 0.4) is 0 Å². The van der Waals surface area contributed by atoms with Crippen LogP contribution in [0.25, 0.3) is 0 Å². The molecule has 3 rings (SSSR count). The SMILES string of the molecule is NC1(C(=O)NCC2CCCN(Cc3cccs3)C2)CC1. The maximum atomic E-state index is 11.9. The molecule has 4 nitrogen and oxygen atoms in total. The van der Waals surface area contributed by atoms with Crippen LogP contribution in [0.5, 0.6) is 0 Å². The Bertz CT molecular complexity index is 456. The lowest BCUT2D eigenvalue weighted by Gasteiger charge is -2.32. The molecule has 1 aromatic heterocycles. The zero-order valence-electron chi connectivity index (χ0n) is 11.8. The summed E-state index contributed by atoms with van der Waals surface area (Å²) < 4.78 is 0. The van der Waals surface area contributed by atoms with Gasteiger partial charge in [0.15, 0.2) is 0 Å². The fourth-order valence-corrected chi connectivity index (χ4v) is 3.61. The predicted molar refractivity (Wildman–Crippen MR) is 81.5 cm³/mol. The van der Waals surface area contributed by atoms with Crippen LogP contribution in [0.1, 0.15) is 30.6 Å². The topological polar surface area (TPSA) is 58.4 Å². The molecule has 0 bridgehead atoms. The van der Waals surface area contributed by atoms with Gasteiger partial charge in [-0.2, -0.15) is 0 Å². The molecule has 5 heteroatoms. The first-order valence-corrected chi connectivity index (χ1v) is 8.36. The number of nitrogens with one attached hydrogen (secondary N) is 1. The van der Waals surface area contributed by atoms with Gasteiger partial charge >= 0.3 is 0 Å². The molecule has 3 N–H and O–H groups in total. The van der Waals surface area contributed by atoms with Crippen LogP contribution in [-0.2, 0) is 11.3 Å². The molecule has 2 heterocycles. The Balaban J connectivity index is 1.44. The number of carbonyl (C=O) groups excluding carboxylic acids is 1. The molecule has 20 heavy (non-hydrogen) atoms.